The molecular formula is C18H13F3N2O5. The normalized spacial score (nSPS) is 21.9. The summed E-state index contributed by atoms with van der Waals surface area (Å²) >= 11 is 0. The van der Waals surface area contributed by atoms with Gasteiger partial charge in [-0.25, -0.2) is 4.79 Å². The molecule has 0 aromatic heterocycles. The maximum atomic E-state index is 13.1. The maximum Gasteiger partial charge on any atom is 0.422 e. The highest BCUT2D eigenvalue weighted by Crippen LogP contribution is 2.46. The van der Waals surface area contributed by atoms with Crippen molar-refractivity contribution in [2.24, 2.45) is 0 Å². The van der Waals surface area contributed by atoms with E-state index >= 15 is 0 Å². The van der Waals surface area contributed by atoms with Crippen LogP contribution in [-0.4, -0.2) is 23.3 Å². The minimum absolute atomic E-state index is 0.0433. The number of allylic oxidation sites excluding steroid dienone is 2. The molecule has 4 rings (SSSR count). The summed E-state index contributed by atoms with van der Waals surface area (Å²) in [6.07, 6.45) is -3.54. The van der Waals surface area contributed by atoms with Gasteiger partial charge in [-0.15, -0.1) is 0 Å². The van der Waals surface area contributed by atoms with Crippen molar-refractivity contribution >= 4 is 17.4 Å². The van der Waals surface area contributed by atoms with E-state index in [2.05, 4.69) is 5.32 Å². The van der Waals surface area contributed by atoms with E-state index in [0.717, 1.165) is 12.1 Å². The van der Waals surface area contributed by atoms with E-state index in [1.165, 1.54) is 0 Å². The summed E-state index contributed by atoms with van der Waals surface area (Å²) in [4.78, 5) is 35.0. The van der Waals surface area contributed by atoms with Crippen molar-refractivity contribution in [3.05, 3.63) is 62.0 Å². The molecule has 28 heavy (non-hydrogen) atoms. The van der Waals surface area contributed by atoms with Gasteiger partial charge >= 0.3 is 12.1 Å². The standard InChI is InChI=1S/C18H13F3N2O5/c19-18(20,21)9-5-4-8(6-12(9)23(26)27)14-15-10(2-1-3-13(15)24)22-11-7-28-17(25)16(11)14/h4-6,14,22H,1-3,7H2. The molecule has 146 valence electrons. The number of nitro groups is 1. The highest BCUT2D eigenvalue weighted by molar-refractivity contribution is 6.04. The minimum atomic E-state index is -4.91. The lowest BCUT2D eigenvalue weighted by atomic mass is 9.75. The van der Waals surface area contributed by atoms with Crippen LogP contribution in [0.2, 0.25) is 0 Å². The van der Waals surface area contributed by atoms with Crippen LogP contribution in [0.15, 0.2) is 40.7 Å². The van der Waals surface area contributed by atoms with E-state index in [0.29, 0.717) is 30.3 Å². The fraction of sp³-hybridized carbons (Fsp3) is 0.333. The number of benzene rings is 1. The number of alkyl halides is 3. The number of halogens is 3. The molecular weight excluding hydrogens is 381 g/mol. The van der Waals surface area contributed by atoms with Crippen LogP contribution in [0, 0.1) is 10.1 Å². The molecule has 0 saturated carbocycles. The van der Waals surface area contributed by atoms with Crippen LogP contribution in [0.25, 0.3) is 0 Å². The van der Waals surface area contributed by atoms with Gasteiger partial charge in [-0.1, -0.05) is 6.07 Å². The summed E-state index contributed by atoms with van der Waals surface area (Å²) in [6.45, 7) is -0.0433. The third kappa shape index (κ3) is 2.76. The largest absolute Gasteiger partial charge is 0.456 e. The number of cyclic esters (lactones) is 1. The summed E-state index contributed by atoms with van der Waals surface area (Å²) in [5.41, 5.74) is -1.03. The number of ketones is 1. The zero-order valence-corrected chi connectivity index (χ0v) is 14.3. The lowest BCUT2D eigenvalue weighted by Gasteiger charge is -2.32. The van der Waals surface area contributed by atoms with E-state index in [9.17, 15) is 32.9 Å². The number of rotatable bonds is 2. The molecule has 2 heterocycles. The zero-order valence-electron chi connectivity index (χ0n) is 14.3. The second-order valence-electron chi connectivity index (χ2n) is 6.73. The highest BCUT2D eigenvalue weighted by atomic mass is 19.4. The molecule has 0 spiro atoms. The summed E-state index contributed by atoms with van der Waals surface area (Å²) in [5, 5.41) is 14.3. The number of hydrogen-bond acceptors (Lipinski definition) is 6. The van der Waals surface area contributed by atoms with Gasteiger partial charge in [0, 0.05) is 29.7 Å². The summed E-state index contributed by atoms with van der Waals surface area (Å²) in [6, 6.07) is 2.49. The van der Waals surface area contributed by atoms with Gasteiger partial charge in [-0.2, -0.15) is 13.2 Å². The Labute approximate surface area is 156 Å². The van der Waals surface area contributed by atoms with Gasteiger partial charge in [0.05, 0.1) is 16.2 Å². The van der Waals surface area contributed by atoms with Crippen LogP contribution >= 0.6 is 0 Å². The van der Waals surface area contributed by atoms with Crippen LogP contribution in [-0.2, 0) is 20.5 Å². The van der Waals surface area contributed by atoms with Crippen LogP contribution < -0.4 is 5.32 Å². The number of dihydropyridines is 1. The Kier molecular flexibility index (Phi) is 4.02. The highest BCUT2D eigenvalue weighted by Gasteiger charge is 2.44. The monoisotopic (exact) mass is 394 g/mol. The van der Waals surface area contributed by atoms with Gasteiger partial charge in [0.2, 0.25) is 0 Å². The molecule has 0 radical (unpaired) electrons. The number of nitrogens with one attached hydrogen (secondary N) is 1. The van der Waals surface area contributed by atoms with Crippen molar-refractivity contribution in [2.45, 2.75) is 31.4 Å². The number of esters is 1. The van der Waals surface area contributed by atoms with Crippen molar-refractivity contribution in [1.82, 2.24) is 5.32 Å². The first kappa shape index (κ1) is 18.2. The lowest BCUT2D eigenvalue weighted by molar-refractivity contribution is -0.388. The molecule has 1 unspecified atom stereocenters. The fourth-order valence-electron chi connectivity index (χ4n) is 3.92. The SMILES string of the molecule is O=C1CCCC2=C1C(c1ccc(C(F)(F)F)c([N+](=O)[O-])c1)C1=C(COC1=O)N2. The molecule has 1 atom stereocenters. The number of carbonyl (C=O) groups excluding carboxylic acids is 2. The molecule has 0 amide bonds. The first-order valence-electron chi connectivity index (χ1n) is 8.47. The van der Waals surface area contributed by atoms with E-state index in [4.69, 9.17) is 4.74 Å². The minimum Gasteiger partial charge on any atom is -0.456 e. The zero-order chi connectivity index (χ0) is 20.2. The molecule has 1 N–H and O–H groups in total. The maximum absolute atomic E-state index is 13.1. The third-order valence-electron chi connectivity index (χ3n) is 5.09. The van der Waals surface area contributed by atoms with Gasteiger partial charge in [0.15, 0.2) is 5.78 Å². The number of carbonyl (C=O) groups is 2. The van der Waals surface area contributed by atoms with Gasteiger partial charge in [-0.05, 0) is 24.5 Å². The molecule has 1 aliphatic carbocycles. The molecule has 2 aliphatic heterocycles. The van der Waals surface area contributed by atoms with Crippen molar-refractivity contribution in [3.63, 3.8) is 0 Å². The van der Waals surface area contributed by atoms with Crippen molar-refractivity contribution in [3.8, 4) is 0 Å². The van der Waals surface area contributed by atoms with Crippen molar-refractivity contribution < 1.29 is 32.4 Å². The number of nitrogens with zero attached hydrogens (tertiary/aromatic N) is 1. The van der Waals surface area contributed by atoms with E-state index in [1.54, 1.807) is 0 Å². The molecule has 0 bridgehead atoms. The number of Topliss-reactive ketones (excluding diaryl/α,β-unsaturated/α-hetero) is 1. The number of nitro benzene ring substituents is 1. The Morgan fingerprint density at radius 3 is 2.57 bits per heavy atom. The Morgan fingerprint density at radius 2 is 1.89 bits per heavy atom. The topological polar surface area (TPSA) is 98.5 Å². The van der Waals surface area contributed by atoms with Gasteiger partial charge < -0.3 is 10.1 Å². The van der Waals surface area contributed by atoms with Crippen molar-refractivity contribution in [2.75, 3.05) is 6.61 Å². The van der Waals surface area contributed by atoms with Crippen LogP contribution in [0.4, 0.5) is 18.9 Å². The van der Waals surface area contributed by atoms with Gasteiger partial charge in [0.25, 0.3) is 5.69 Å². The Bertz CT molecular complexity index is 993. The van der Waals surface area contributed by atoms with E-state index < -0.39 is 34.2 Å². The molecule has 1 aromatic rings. The molecule has 0 fully saturated rings. The predicted octanol–water partition coefficient (Wildman–Crippen LogP) is 3.12. The predicted molar refractivity (Wildman–Crippen MR) is 87.8 cm³/mol. The average molecular weight is 394 g/mol. The summed E-state index contributed by atoms with van der Waals surface area (Å²) in [5.74, 6) is -1.93. The average Bonchev–Trinajstić information content (AvgIpc) is 2.99. The van der Waals surface area contributed by atoms with Crippen LogP contribution in [0.3, 0.4) is 0 Å². The Morgan fingerprint density at radius 1 is 1.14 bits per heavy atom. The fourth-order valence-corrected chi connectivity index (χ4v) is 3.92. The second-order valence-corrected chi connectivity index (χ2v) is 6.73. The van der Waals surface area contributed by atoms with Gasteiger partial charge in [0.1, 0.15) is 12.2 Å². The summed E-state index contributed by atoms with van der Waals surface area (Å²) in [7, 11) is 0. The third-order valence-corrected chi connectivity index (χ3v) is 5.09. The first-order chi connectivity index (χ1) is 13.2. The molecule has 3 aliphatic rings. The lowest BCUT2D eigenvalue weighted by Crippen LogP contribution is -2.32. The smallest absolute Gasteiger partial charge is 0.422 e. The van der Waals surface area contributed by atoms with Crippen LogP contribution in [0.1, 0.15) is 36.3 Å². The second kappa shape index (κ2) is 6.18. The van der Waals surface area contributed by atoms with Crippen LogP contribution in [0.5, 0.6) is 0 Å². The molecule has 1 aromatic carbocycles. The summed E-state index contributed by atoms with van der Waals surface area (Å²) < 4.78 is 44.4. The quantitative estimate of drug-likeness (QED) is 0.470. The molecule has 10 heteroatoms. The Balaban J connectivity index is 1.92. The Hall–Kier alpha value is -3.17. The first-order valence-corrected chi connectivity index (χ1v) is 8.47. The van der Waals surface area contributed by atoms with Gasteiger partial charge in [-0.3, -0.25) is 14.9 Å². The van der Waals surface area contributed by atoms with E-state index in [1.807, 2.05) is 0 Å². The van der Waals surface area contributed by atoms with Crippen molar-refractivity contribution in [1.29, 1.82) is 0 Å². The van der Waals surface area contributed by atoms with E-state index in [-0.39, 0.29) is 35.5 Å². The molecule has 7 nitrogen and oxygen atoms in total. The number of ether oxygens (including phenoxy) is 1. The number of hydrogen-bond donors (Lipinski definition) is 1. The molecule has 0 saturated heterocycles.